The zero-order valence-corrected chi connectivity index (χ0v) is 37.5. The predicted molar refractivity (Wildman–Crippen MR) is 250 cm³/mol. The van der Waals surface area contributed by atoms with Crippen molar-refractivity contribution in [2.24, 2.45) is 0 Å². The standard InChI is InChI=1S/C54H76O4/c1-7-13-19-25-31-43-37-45-46-38-44(32-26-20-14-8-2)52(56-34-28-22-16-10-4)40-48(46)50-42-54(58-36-30-24-18-12-6)53(57-35-29-23-17-11-5)41-49(50)47(45)39-51(43)55-33-27-21-15-9-3/h37-42H,7-24,27-30,33-36H2,1-6H3. The lowest BCUT2D eigenvalue weighted by Gasteiger charge is -2.19. The van der Waals surface area contributed by atoms with E-state index in [0.717, 1.165) is 143 Å². The Bertz CT molecular complexity index is 1790. The Morgan fingerprint density at radius 1 is 0.310 bits per heavy atom. The van der Waals surface area contributed by atoms with Crippen LogP contribution in [0, 0.1) is 23.7 Å². The maximum absolute atomic E-state index is 6.64. The fourth-order valence-corrected chi connectivity index (χ4v) is 7.41. The van der Waals surface area contributed by atoms with E-state index in [1.54, 1.807) is 0 Å². The molecule has 0 heterocycles. The first kappa shape index (κ1) is 46.7. The van der Waals surface area contributed by atoms with Crippen molar-refractivity contribution in [1.82, 2.24) is 0 Å². The van der Waals surface area contributed by atoms with E-state index >= 15 is 0 Å². The number of unbranched alkanes of at least 4 members (excludes halogenated alkanes) is 16. The summed E-state index contributed by atoms with van der Waals surface area (Å²) in [5, 5.41) is 6.81. The van der Waals surface area contributed by atoms with Crippen LogP contribution in [0.5, 0.6) is 23.0 Å². The Balaban J connectivity index is 2.02. The molecule has 0 spiro atoms. The quantitative estimate of drug-likeness (QED) is 0.0326. The molecule has 58 heavy (non-hydrogen) atoms. The SMILES string of the molecule is CCCCC#Cc1cc2c3cc(C#CCCCC)c(OCCCCCC)cc3c3cc(OCCCCCC)c(OCCCCCC)cc3c2cc1OCCCCCC. The molecule has 0 atom stereocenters. The number of ether oxygens (including phenoxy) is 4. The minimum absolute atomic E-state index is 0.670. The molecule has 0 amide bonds. The van der Waals surface area contributed by atoms with Gasteiger partial charge in [-0.3, -0.25) is 0 Å². The summed E-state index contributed by atoms with van der Waals surface area (Å²) >= 11 is 0. The summed E-state index contributed by atoms with van der Waals surface area (Å²) in [4.78, 5) is 0. The van der Waals surface area contributed by atoms with Gasteiger partial charge in [-0.2, -0.15) is 0 Å². The number of benzene rings is 4. The van der Waals surface area contributed by atoms with Gasteiger partial charge in [-0.25, -0.2) is 0 Å². The van der Waals surface area contributed by atoms with Crippen molar-refractivity contribution >= 4 is 32.3 Å². The van der Waals surface area contributed by atoms with Gasteiger partial charge in [0.05, 0.1) is 37.6 Å². The van der Waals surface area contributed by atoms with Gasteiger partial charge in [-0.05, 0) is 107 Å². The van der Waals surface area contributed by atoms with Gasteiger partial charge in [0.1, 0.15) is 11.5 Å². The molecule has 0 saturated carbocycles. The molecule has 4 nitrogen and oxygen atoms in total. The van der Waals surface area contributed by atoms with E-state index < -0.39 is 0 Å². The first-order chi connectivity index (χ1) is 28.6. The third-order valence-electron chi connectivity index (χ3n) is 11.0. The zero-order chi connectivity index (χ0) is 41.2. The van der Waals surface area contributed by atoms with Crippen molar-refractivity contribution in [2.45, 2.75) is 183 Å². The molecule has 0 aliphatic carbocycles. The Labute approximate surface area is 353 Å². The van der Waals surface area contributed by atoms with Gasteiger partial charge in [0.15, 0.2) is 11.5 Å². The lowest BCUT2D eigenvalue weighted by Crippen LogP contribution is -2.04. The summed E-state index contributed by atoms with van der Waals surface area (Å²) in [6.45, 7) is 16.1. The molecule has 4 heteroatoms. The maximum atomic E-state index is 6.64. The third kappa shape index (κ3) is 14.7. The average molecular weight is 789 g/mol. The normalized spacial score (nSPS) is 11.1. The van der Waals surface area contributed by atoms with Crippen LogP contribution in [-0.4, -0.2) is 26.4 Å². The van der Waals surface area contributed by atoms with Gasteiger partial charge in [0.25, 0.3) is 0 Å². The molecule has 316 valence electrons. The smallest absolute Gasteiger partial charge is 0.161 e. The summed E-state index contributed by atoms with van der Waals surface area (Å²) in [6, 6.07) is 13.5. The third-order valence-corrected chi connectivity index (χ3v) is 11.0. The maximum Gasteiger partial charge on any atom is 0.161 e. The van der Waals surface area contributed by atoms with Gasteiger partial charge >= 0.3 is 0 Å². The zero-order valence-electron chi connectivity index (χ0n) is 37.5. The van der Waals surface area contributed by atoms with Crippen LogP contribution in [-0.2, 0) is 0 Å². The van der Waals surface area contributed by atoms with Crippen molar-refractivity contribution in [3.05, 3.63) is 47.5 Å². The van der Waals surface area contributed by atoms with E-state index in [9.17, 15) is 0 Å². The van der Waals surface area contributed by atoms with E-state index in [0.29, 0.717) is 26.4 Å². The molecule has 0 saturated heterocycles. The largest absolute Gasteiger partial charge is 0.492 e. The van der Waals surface area contributed by atoms with Gasteiger partial charge in [0.2, 0.25) is 0 Å². The first-order valence-electron chi connectivity index (χ1n) is 23.6. The second-order valence-electron chi connectivity index (χ2n) is 16.1. The Morgan fingerprint density at radius 2 is 0.586 bits per heavy atom. The topological polar surface area (TPSA) is 36.9 Å². The molecule has 0 aliphatic heterocycles. The summed E-state index contributed by atoms with van der Waals surface area (Å²) < 4.78 is 26.6. The molecule has 0 fully saturated rings. The van der Waals surface area contributed by atoms with Crippen LogP contribution in [0.2, 0.25) is 0 Å². The minimum atomic E-state index is 0.670. The van der Waals surface area contributed by atoms with Crippen molar-refractivity contribution < 1.29 is 18.9 Å². The van der Waals surface area contributed by atoms with Gasteiger partial charge in [0, 0.05) is 12.8 Å². The van der Waals surface area contributed by atoms with Gasteiger partial charge in [-0.1, -0.05) is 155 Å². The highest BCUT2D eigenvalue weighted by Gasteiger charge is 2.19. The van der Waals surface area contributed by atoms with Gasteiger partial charge in [-0.15, -0.1) is 0 Å². The molecule has 0 bridgehead atoms. The average Bonchev–Trinajstić information content (AvgIpc) is 3.24. The predicted octanol–water partition coefficient (Wildman–Crippen LogP) is 16.1. The lowest BCUT2D eigenvalue weighted by atomic mass is 9.91. The molecule has 0 radical (unpaired) electrons. The minimum Gasteiger partial charge on any atom is -0.492 e. The van der Waals surface area contributed by atoms with Crippen LogP contribution in [0.15, 0.2) is 36.4 Å². The first-order valence-corrected chi connectivity index (χ1v) is 23.6. The van der Waals surface area contributed by atoms with Crippen LogP contribution in [0.3, 0.4) is 0 Å². The van der Waals surface area contributed by atoms with Crippen molar-refractivity contribution in [2.75, 3.05) is 26.4 Å². The molecule has 4 rings (SSSR count). The van der Waals surface area contributed by atoms with Crippen LogP contribution in [0.1, 0.15) is 194 Å². The second kappa shape index (κ2) is 27.6. The summed E-state index contributed by atoms with van der Waals surface area (Å²) in [5.74, 6) is 17.4. The molecule has 0 aromatic heterocycles. The highest BCUT2D eigenvalue weighted by atomic mass is 16.5. The van der Waals surface area contributed by atoms with Crippen LogP contribution < -0.4 is 18.9 Å². The number of hydrogen-bond acceptors (Lipinski definition) is 4. The Hall–Kier alpha value is -4.02. The molecular formula is C54H76O4. The number of rotatable bonds is 28. The second-order valence-corrected chi connectivity index (χ2v) is 16.1. The van der Waals surface area contributed by atoms with E-state index in [4.69, 9.17) is 18.9 Å². The number of hydrogen-bond donors (Lipinski definition) is 0. The van der Waals surface area contributed by atoms with Crippen LogP contribution >= 0.6 is 0 Å². The summed E-state index contributed by atoms with van der Waals surface area (Å²) in [6.07, 6.45) is 24.6. The van der Waals surface area contributed by atoms with E-state index in [2.05, 4.69) is 102 Å². The molecule has 0 N–H and O–H groups in total. The molecule has 0 unspecified atom stereocenters. The van der Waals surface area contributed by atoms with E-state index in [1.165, 1.54) is 64.2 Å². The molecular weight excluding hydrogens is 713 g/mol. The Morgan fingerprint density at radius 3 is 0.897 bits per heavy atom. The van der Waals surface area contributed by atoms with Crippen molar-refractivity contribution in [3.63, 3.8) is 0 Å². The summed E-state index contributed by atoms with van der Waals surface area (Å²) in [7, 11) is 0. The van der Waals surface area contributed by atoms with E-state index in [-0.39, 0.29) is 0 Å². The van der Waals surface area contributed by atoms with Gasteiger partial charge < -0.3 is 18.9 Å². The van der Waals surface area contributed by atoms with Crippen LogP contribution in [0.4, 0.5) is 0 Å². The molecule has 0 aliphatic rings. The number of fused-ring (bicyclic) bond motifs is 6. The highest BCUT2D eigenvalue weighted by molar-refractivity contribution is 6.26. The Kier molecular flexibility index (Phi) is 22.2. The molecule has 4 aromatic rings. The molecule has 4 aromatic carbocycles. The van der Waals surface area contributed by atoms with E-state index in [1.807, 2.05) is 0 Å². The monoisotopic (exact) mass is 789 g/mol. The summed E-state index contributed by atoms with van der Waals surface area (Å²) in [5.41, 5.74) is 1.90. The lowest BCUT2D eigenvalue weighted by molar-refractivity contribution is 0.259. The fraction of sp³-hybridized carbons (Fsp3) is 0.593. The fourth-order valence-electron chi connectivity index (χ4n) is 7.41. The highest BCUT2D eigenvalue weighted by Crippen LogP contribution is 2.44. The van der Waals surface area contributed by atoms with Crippen LogP contribution in [0.25, 0.3) is 32.3 Å². The van der Waals surface area contributed by atoms with Crippen molar-refractivity contribution in [1.29, 1.82) is 0 Å². The van der Waals surface area contributed by atoms with Crippen molar-refractivity contribution in [3.8, 4) is 46.7 Å².